The second kappa shape index (κ2) is 6.67. The molecule has 26 heavy (non-hydrogen) atoms. The van der Waals surface area contributed by atoms with E-state index in [4.69, 9.17) is 4.74 Å². The van der Waals surface area contributed by atoms with E-state index in [0.717, 1.165) is 41.7 Å². The maximum atomic E-state index is 13.8. The number of halogens is 2. The fourth-order valence-corrected chi connectivity index (χ4v) is 3.03. The standard InChI is InChI=1S/C19H16F2N4O/c1-12-5-7-23-24-19(12)25-8-6-16-13(11-25)9-14(10-22-16)26-17-4-2-3-15(20)18(17)21/h2-5,7,9-10H,6,8,11H2,1H3. The van der Waals surface area contributed by atoms with E-state index in [1.165, 1.54) is 18.3 Å². The third-order valence-corrected chi connectivity index (χ3v) is 4.35. The number of anilines is 1. The molecule has 0 aliphatic carbocycles. The molecular formula is C19H16F2N4O. The van der Waals surface area contributed by atoms with Gasteiger partial charge in [-0.15, -0.1) is 5.10 Å². The van der Waals surface area contributed by atoms with E-state index < -0.39 is 11.6 Å². The van der Waals surface area contributed by atoms with Crippen LogP contribution in [-0.4, -0.2) is 21.7 Å². The van der Waals surface area contributed by atoms with Crippen LogP contribution in [0.15, 0.2) is 42.7 Å². The first kappa shape index (κ1) is 16.4. The summed E-state index contributed by atoms with van der Waals surface area (Å²) in [5, 5.41) is 8.18. The number of ether oxygens (including phenoxy) is 1. The molecule has 0 saturated carbocycles. The maximum Gasteiger partial charge on any atom is 0.201 e. The van der Waals surface area contributed by atoms with Crippen molar-refractivity contribution in [3.05, 3.63) is 71.2 Å². The van der Waals surface area contributed by atoms with Crippen LogP contribution in [-0.2, 0) is 13.0 Å². The van der Waals surface area contributed by atoms with E-state index in [9.17, 15) is 8.78 Å². The summed E-state index contributed by atoms with van der Waals surface area (Å²) in [5.41, 5.74) is 2.98. The van der Waals surface area contributed by atoms with Gasteiger partial charge in [0.2, 0.25) is 5.82 Å². The zero-order chi connectivity index (χ0) is 18.1. The molecule has 0 bridgehead atoms. The Hall–Kier alpha value is -3.09. The van der Waals surface area contributed by atoms with E-state index in [0.29, 0.717) is 12.3 Å². The van der Waals surface area contributed by atoms with Gasteiger partial charge in [-0.3, -0.25) is 4.98 Å². The average Bonchev–Trinajstić information content (AvgIpc) is 2.65. The van der Waals surface area contributed by atoms with Crippen molar-refractivity contribution in [3.8, 4) is 11.5 Å². The molecule has 1 aliphatic rings. The number of rotatable bonds is 3. The van der Waals surface area contributed by atoms with E-state index in [2.05, 4.69) is 20.1 Å². The summed E-state index contributed by atoms with van der Waals surface area (Å²) in [6.07, 6.45) is 3.96. The number of aryl methyl sites for hydroxylation is 1. The topological polar surface area (TPSA) is 51.1 Å². The largest absolute Gasteiger partial charge is 0.453 e. The second-order valence-corrected chi connectivity index (χ2v) is 6.14. The lowest BCUT2D eigenvalue weighted by Gasteiger charge is -2.29. The Morgan fingerprint density at radius 3 is 2.92 bits per heavy atom. The highest BCUT2D eigenvalue weighted by Gasteiger charge is 2.21. The number of hydrogen-bond donors (Lipinski definition) is 0. The third-order valence-electron chi connectivity index (χ3n) is 4.35. The third kappa shape index (κ3) is 3.08. The molecule has 0 atom stereocenters. The predicted octanol–water partition coefficient (Wildman–Crippen LogP) is 3.81. The van der Waals surface area contributed by atoms with Crippen molar-refractivity contribution in [1.29, 1.82) is 0 Å². The fraction of sp³-hybridized carbons (Fsp3) is 0.211. The average molecular weight is 354 g/mol. The molecule has 2 aromatic heterocycles. The van der Waals surface area contributed by atoms with Gasteiger partial charge >= 0.3 is 0 Å². The predicted molar refractivity (Wildman–Crippen MR) is 92.2 cm³/mol. The molecule has 1 aliphatic heterocycles. The van der Waals surface area contributed by atoms with Crippen molar-refractivity contribution in [1.82, 2.24) is 15.2 Å². The van der Waals surface area contributed by atoms with Gasteiger partial charge in [0, 0.05) is 25.2 Å². The van der Waals surface area contributed by atoms with Crippen LogP contribution >= 0.6 is 0 Å². The first-order valence-electron chi connectivity index (χ1n) is 8.25. The molecule has 0 spiro atoms. The van der Waals surface area contributed by atoms with Crippen LogP contribution in [0, 0.1) is 18.6 Å². The Kier molecular flexibility index (Phi) is 4.20. The second-order valence-electron chi connectivity index (χ2n) is 6.14. The molecule has 0 amide bonds. The summed E-state index contributed by atoms with van der Waals surface area (Å²) in [6, 6.07) is 7.56. The van der Waals surface area contributed by atoms with Gasteiger partial charge in [0.1, 0.15) is 5.75 Å². The van der Waals surface area contributed by atoms with Crippen LogP contribution in [0.25, 0.3) is 0 Å². The van der Waals surface area contributed by atoms with Gasteiger partial charge in [0.05, 0.1) is 12.4 Å². The molecule has 3 aromatic rings. The molecular weight excluding hydrogens is 338 g/mol. The zero-order valence-electron chi connectivity index (χ0n) is 14.1. The van der Waals surface area contributed by atoms with Crippen molar-refractivity contribution in [3.63, 3.8) is 0 Å². The van der Waals surface area contributed by atoms with E-state index in [-0.39, 0.29) is 5.75 Å². The Labute approximate surface area is 149 Å². The molecule has 5 nitrogen and oxygen atoms in total. The fourth-order valence-electron chi connectivity index (χ4n) is 3.03. The van der Waals surface area contributed by atoms with Crippen LogP contribution < -0.4 is 9.64 Å². The van der Waals surface area contributed by atoms with Gasteiger partial charge in [0.15, 0.2) is 17.4 Å². The highest BCUT2D eigenvalue weighted by Crippen LogP contribution is 2.29. The van der Waals surface area contributed by atoms with Crippen LogP contribution in [0.4, 0.5) is 14.6 Å². The molecule has 7 heteroatoms. The molecule has 1 aromatic carbocycles. The summed E-state index contributed by atoms with van der Waals surface area (Å²) in [4.78, 5) is 6.54. The minimum atomic E-state index is -1.01. The van der Waals surface area contributed by atoms with Gasteiger partial charge < -0.3 is 9.64 Å². The lowest BCUT2D eigenvalue weighted by molar-refractivity contribution is 0.414. The first-order valence-corrected chi connectivity index (χ1v) is 8.25. The van der Waals surface area contributed by atoms with Crippen molar-refractivity contribution in [2.45, 2.75) is 19.9 Å². The smallest absolute Gasteiger partial charge is 0.201 e. The first-order chi connectivity index (χ1) is 12.6. The number of aromatic nitrogens is 3. The van der Waals surface area contributed by atoms with E-state index >= 15 is 0 Å². The lowest BCUT2D eigenvalue weighted by atomic mass is 10.1. The van der Waals surface area contributed by atoms with Crippen LogP contribution in [0.1, 0.15) is 16.8 Å². The molecule has 0 unspecified atom stereocenters. The Bertz CT molecular complexity index is 964. The van der Waals surface area contributed by atoms with Gasteiger partial charge in [-0.25, -0.2) is 4.39 Å². The summed E-state index contributed by atoms with van der Waals surface area (Å²) in [5.74, 6) is -0.921. The van der Waals surface area contributed by atoms with E-state index in [1.54, 1.807) is 6.20 Å². The molecule has 0 radical (unpaired) electrons. The van der Waals surface area contributed by atoms with Crippen LogP contribution in [0.2, 0.25) is 0 Å². The number of fused-ring (bicyclic) bond motifs is 1. The van der Waals surface area contributed by atoms with Crippen LogP contribution in [0.3, 0.4) is 0 Å². The van der Waals surface area contributed by atoms with Gasteiger partial charge in [-0.05, 0) is 42.3 Å². The van der Waals surface area contributed by atoms with Gasteiger partial charge in [-0.2, -0.15) is 9.49 Å². The van der Waals surface area contributed by atoms with E-state index in [1.807, 2.05) is 19.1 Å². The minimum Gasteiger partial charge on any atom is -0.453 e. The number of benzene rings is 1. The van der Waals surface area contributed by atoms with Crippen molar-refractivity contribution in [2.24, 2.45) is 0 Å². The van der Waals surface area contributed by atoms with Crippen LogP contribution in [0.5, 0.6) is 11.5 Å². The normalized spacial score (nSPS) is 13.4. The SMILES string of the molecule is Cc1ccnnc1N1CCc2ncc(Oc3cccc(F)c3F)cc2C1. The highest BCUT2D eigenvalue weighted by atomic mass is 19.2. The molecule has 0 N–H and O–H groups in total. The summed E-state index contributed by atoms with van der Waals surface area (Å²) in [6.45, 7) is 3.38. The highest BCUT2D eigenvalue weighted by molar-refractivity contribution is 5.48. The van der Waals surface area contributed by atoms with Crippen molar-refractivity contribution in [2.75, 3.05) is 11.4 Å². The number of nitrogens with zero attached hydrogens (tertiary/aromatic N) is 4. The Balaban J connectivity index is 1.60. The molecule has 0 fully saturated rings. The Morgan fingerprint density at radius 2 is 2.08 bits per heavy atom. The maximum absolute atomic E-state index is 13.8. The van der Waals surface area contributed by atoms with Crippen molar-refractivity contribution < 1.29 is 13.5 Å². The molecule has 132 valence electrons. The molecule has 4 rings (SSSR count). The minimum absolute atomic E-state index is 0.163. The lowest BCUT2D eigenvalue weighted by Crippen LogP contribution is -2.32. The number of pyridine rings is 1. The molecule has 0 saturated heterocycles. The zero-order valence-corrected chi connectivity index (χ0v) is 14.1. The van der Waals surface area contributed by atoms with Gasteiger partial charge in [-0.1, -0.05) is 6.07 Å². The quantitative estimate of drug-likeness (QED) is 0.716. The molecule has 3 heterocycles. The summed E-state index contributed by atoms with van der Waals surface area (Å²) < 4.78 is 32.6. The monoisotopic (exact) mass is 354 g/mol. The number of hydrogen-bond acceptors (Lipinski definition) is 5. The summed E-state index contributed by atoms with van der Waals surface area (Å²) >= 11 is 0. The van der Waals surface area contributed by atoms with Crippen molar-refractivity contribution >= 4 is 5.82 Å². The van der Waals surface area contributed by atoms with Gasteiger partial charge in [0.25, 0.3) is 0 Å². The Morgan fingerprint density at radius 1 is 1.19 bits per heavy atom. The summed E-state index contributed by atoms with van der Waals surface area (Å²) in [7, 11) is 0.